The highest BCUT2D eigenvalue weighted by molar-refractivity contribution is 5.79. The maximum absolute atomic E-state index is 11.6. The van der Waals surface area contributed by atoms with Crippen LogP contribution in [-0.4, -0.2) is 47.2 Å². The third kappa shape index (κ3) is 2.95. The molecule has 2 N–H and O–H groups in total. The van der Waals surface area contributed by atoms with Gasteiger partial charge < -0.3 is 15.3 Å². The molecule has 3 atom stereocenters. The minimum atomic E-state index is -0.671. The summed E-state index contributed by atoms with van der Waals surface area (Å²) in [6.07, 6.45) is 3.82. The summed E-state index contributed by atoms with van der Waals surface area (Å²) in [7, 11) is 0. The van der Waals surface area contributed by atoms with E-state index in [1.165, 1.54) is 6.42 Å². The van der Waals surface area contributed by atoms with Crippen LogP contribution in [0.15, 0.2) is 0 Å². The molecule has 19 heavy (non-hydrogen) atoms. The Kier molecular flexibility index (Phi) is 4.51. The maximum atomic E-state index is 11.6. The minimum Gasteiger partial charge on any atom is -0.480 e. The van der Waals surface area contributed by atoms with Gasteiger partial charge in [-0.25, -0.2) is 0 Å². The van der Waals surface area contributed by atoms with Crippen LogP contribution in [0.4, 0.5) is 0 Å². The zero-order valence-corrected chi connectivity index (χ0v) is 12.5. The van der Waals surface area contributed by atoms with Gasteiger partial charge in [0.2, 0.25) is 0 Å². The van der Waals surface area contributed by atoms with Crippen LogP contribution in [0.25, 0.3) is 0 Å². The van der Waals surface area contributed by atoms with Crippen molar-refractivity contribution in [1.29, 1.82) is 0 Å². The summed E-state index contributed by atoms with van der Waals surface area (Å²) >= 11 is 0. The number of aliphatic carboxylic acids is 1. The summed E-state index contributed by atoms with van der Waals surface area (Å²) in [5.41, 5.74) is -0.671. The number of nitrogens with one attached hydrogen (secondary N) is 1. The van der Waals surface area contributed by atoms with Gasteiger partial charge in [-0.3, -0.25) is 4.79 Å². The number of likely N-dealkylation sites (N-methyl/N-ethyl adjacent to an activating group) is 1. The molecule has 0 aromatic heterocycles. The molecule has 1 heterocycles. The number of carbonyl (C=O) groups is 1. The normalized spacial score (nSPS) is 36.2. The second kappa shape index (κ2) is 5.80. The average Bonchev–Trinajstić information content (AvgIpc) is 2.95. The molecule has 0 amide bonds. The van der Waals surface area contributed by atoms with Crippen molar-refractivity contribution in [2.24, 2.45) is 11.8 Å². The molecule has 0 aromatic rings. The number of hydrogen-bond donors (Lipinski definition) is 2. The molecule has 0 spiro atoms. The highest BCUT2D eigenvalue weighted by Gasteiger charge is 2.47. The van der Waals surface area contributed by atoms with Crippen molar-refractivity contribution in [2.75, 3.05) is 19.6 Å². The van der Waals surface area contributed by atoms with Crippen LogP contribution in [-0.2, 0) is 4.79 Å². The number of likely N-dealkylation sites (tertiary alicyclic amines) is 1. The molecule has 2 aliphatic rings. The van der Waals surface area contributed by atoms with Crippen molar-refractivity contribution in [3.63, 3.8) is 0 Å². The van der Waals surface area contributed by atoms with E-state index in [4.69, 9.17) is 0 Å². The molecular formula is C15H28N2O2. The van der Waals surface area contributed by atoms with E-state index < -0.39 is 11.5 Å². The third-order valence-electron chi connectivity index (χ3n) is 5.13. The van der Waals surface area contributed by atoms with Gasteiger partial charge >= 0.3 is 5.97 Å². The van der Waals surface area contributed by atoms with E-state index in [-0.39, 0.29) is 0 Å². The van der Waals surface area contributed by atoms with E-state index in [1.807, 2.05) is 6.92 Å². The third-order valence-corrected chi connectivity index (χ3v) is 5.13. The van der Waals surface area contributed by atoms with Gasteiger partial charge in [-0.2, -0.15) is 0 Å². The number of nitrogens with zero attached hydrogens (tertiary/aromatic N) is 1. The van der Waals surface area contributed by atoms with Crippen LogP contribution in [0.2, 0.25) is 0 Å². The molecule has 110 valence electrons. The van der Waals surface area contributed by atoms with Crippen LogP contribution in [0.5, 0.6) is 0 Å². The molecule has 4 heteroatoms. The van der Waals surface area contributed by atoms with Crippen molar-refractivity contribution in [1.82, 2.24) is 10.2 Å². The van der Waals surface area contributed by atoms with Gasteiger partial charge in [0, 0.05) is 12.6 Å². The van der Waals surface area contributed by atoms with Gasteiger partial charge in [0.25, 0.3) is 0 Å². The van der Waals surface area contributed by atoms with Gasteiger partial charge in [-0.15, -0.1) is 0 Å². The van der Waals surface area contributed by atoms with E-state index in [2.05, 4.69) is 24.1 Å². The van der Waals surface area contributed by atoms with Gasteiger partial charge in [0.15, 0.2) is 0 Å². The van der Waals surface area contributed by atoms with Gasteiger partial charge in [0.05, 0.1) is 0 Å². The minimum absolute atomic E-state index is 0.457. The molecule has 1 aliphatic heterocycles. The topological polar surface area (TPSA) is 52.6 Å². The summed E-state index contributed by atoms with van der Waals surface area (Å²) in [4.78, 5) is 14.1. The lowest BCUT2D eigenvalue weighted by Gasteiger charge is -2.28. The van der Waals surface area contributed by atoms with Crippen LogP contribution in [0, 0.1) is 11.8 Å². The fourth-order valence-electron chi connectivity index (χ4n) is 3.79. The van der Waals surface area contributed by atoms with Crippen LogP contribution >= 0.6 is 0 Å². The fraction of sp³-hybridized carbons (Fsp3) is 0.933. The maximum Gasteiger partial charge on any atom is 0.323 e. The van der Waals surface area contributed by atoms with Crippen molar-refractivity contribution in [3.05, 3.63) is 0 Å². The highest BCUT2D eigenvalue weighted by atomic mass is 16.4. The molecule has 0 aromatic carbocycles. The van der Waals surface area contributed by atoms with Crippen LogP contribution < -0.4 is 5.32 Å². The predicted molar refractivity (Wildman–Crippen MR) is 76.2 cm³/mol. The Morgan fingerprint density at radius 2 is 2.21 bits per heavy atom. The Morgan fingerprint density at radius 1 is 1.47 bits per heavy atom. The summed E-state index contributed by atoms with van der Waals surface area (Å²) in [5, 5.41) is 12.7. The first-order chi connectivity index (χ1) is 8.98. The number of hydrogen-bond acceptors (Lipinski definition) is 3. The SMILES string of the molecule is CCNC1(C(=O)O)CCC(N2CCC(C(C)C)C2)C1. The molecule has 3 unspecified atom stereocenters. The second-order valence-electron chi connectivity index (χ2n) is 6.60. The lowest BCUT2D eigenvalue weighted by Crippen LogP contribution is -2.51. The molecule has 2 rings (SSSR count). The van der Waals surface area contributed by atoms with Crippen molar-refractivity contribution in [2.45, 2.75) is 58.0 Å². The summed E-state index contributed by atoms with van der Waals surface area (Å²) in [6, 6.07) is 0.457. The first kappa shape index (κ1) is 14.8. The molecule has 1 saturated heterocycles. The first-order valence-electron chi connectivity index (χ1n) is 7.71. The van der Waals surface area contributed by atoms with E-state index in [1.54, 1.807) is 0 Å². The quantitative estimate of drug-likeness (QED) is 0.800. The Bertz CT molecular complexity index is 332. The summed E-state index contributed by atoms with van der Waals surface area (Å²) in [6.45, 7) is 9.61. The van der Waals surface area contributed by atoms with E-state index in [9.17, 15) is 9.90 Å². The molecule has 1 saturated carbocycles. The molecule has 1 aliphatic carbocycles. The fourth-order valence-corrected chi connectivity index (χ4v) is 3.79. The Hall–Kier alpha value is -0.610. The summed E-state index contributed by atoms with van der Waals surface area (Å²) < 4.78 is 0. The van der Waals surface area contributed by atoms with E-state index >= 15 is 0 Å². The highest BCUT2D eigenvalue weighted by Crippen LogP contribution is 2.36. The van der Waals surface area contributed by atoms with Crippen LogP contribution in [0.3, 0.4) is 0 Å². The second-order valence-corrected chi connectivity index (χ2v) is 6.60. The standard InChI is InChI=1S/C15H28N2O2/c1-4-16-15(14(18)19)7-5-13(9-15)17-8-6-12(10-17)11(2)3/h11-13,16H,4-10H2,1-3H3,(H,18,19). The van der Waals surface area contributed by atoms with Gasteiger partial charge in [-0.1, -0.05) is 20.8 Å². The smallest absolute Gasteiger partial charge is 0.323 e. The zero-order valence-electron chi connectivity index (χ0n) is 12.5. The number of rotatable bonds is 5. The molecule has 0 bridgehead atoms. The van der Waals surface area contributed by atoms with Crippen LogP contribution in [0.1, 0.15) is 46.5 Å². The Morgan fingerprint density at radius 3 is 2.74 bits per heavy atom. The van der Waals surface area contributed by atoms with E-state index in [0.717, 1.165) is 50.7 Å². The van der Waals surface area contributed by atoms with Gasteiger partial charge in [-0.05, 0) is 50.6 Å². The monoisotopic (exact) mass is 268 g/mol. The molecular weight excluding hydrogens is 240 g/mol. The molecule has 2 fully saturated rings. The Labute approximate surface area is 116 Å². The molecule has 0 radical (unpaired) electrons. The van der Waals surface area contributed by atoms with E-state index in [0.29, 0.717) is 6.04 Å². The predicted octanol–water partition coefficient (Wildman–Crippen LogP) is 1.95. The number of carboxylic acid groups (broad SMARTS) is 1. The summed E-state index contributed by atoms with van der Waals surface area (Å²) in [5.74, 6) is 0.861. The number of carboxylic acids is 1. The first-order valence-corrected chi connectivity index (χ1v) is 7.71. The largest absolute Gasteiger partial charge is 0.480 e. The van der Waals surface area contributed by atoms with Gasteiger partial charge in [0.1, 0.15) is 5.54 Å². The van der Waals surface area contributed by atoms with Crippen molar-refractivity contribution in [3.8, 4) is 0 Å². The zero-order chi connectivity index (χ0) is 14.0. The lowest BCUT2D eigenvalue weighted by molar-refractivity contribution is -0.144. The van der Waals surface area contributed by atoms with Crippen molar-refractivity contribution < 1.29 is 9.90 Å². The van der Waals surface area contributed by atoms with Crippen molar-refractivity contribution >= 4 is 5.97 Å². The average molecular weight is 268 g/mol. The molecule has 4 nitrogen and oxygen atoms in total. The lowest BCUT2D eigenvalue weighted by atomic mass is 9.95. The Balaban J connectivity index is 1.96.